The summed E-state index contributed by atoms with van der Waals surface area (Å²) in [6.45, 7) is 5.53. The van der Waals surface area contributed by atoms with Gasteiger partial charge in [0.15, 0.2) is 0 Å². The summed E-state index contributed by atoms with van der Waals surface area (Å²) >= 11 is 0. The third-order valence-corrected chi connectivity index (χ3v) is 5.08. The number of hydrogen-bond acceptors (Lipinski definition) is 3. The molecule has 0 amide bonds. The fraction of sp³-hybridized carbons (Fsp3) is 0.375. The zero-order chi connectivity index (χ0) is 20.9. The predicted octanol–water partition coefficient (Wildman–Crippen LogP) is 4.52. The number of carbonyl (C=O) groups is 1. The van der Waals surface area contributed by atoms with Gasteiger partial charge in [0.2, 0.25) is 6.79 Å². The van der Waals surface area contributed by atoms with Gasteiger partial charge in [-0.3, -0.25) is 4.79 Å². The lowest BCUT2D eigenvalue weighted by Crippen LogP contribution is -2.40. The van der Waals surface area contributed by atoms with E-state index in [4.69, 9.17) is 9.47 Å². The predicted molar refractivity (Wildman–Crippen MR) is 116 cm³/mol. The highest BCUT2D eigenvalue weighted by Gasteiger charge is 2.18. The summed E-state index contributed by atoms with van der Waals surface area (Å²) in [4.78, 5) is 15.0. The summed E-state index contributed by atoms with van der Waals surface area (Å²) in [6, 6.07) is 16.5. The van der Waals surface area contributed by atoms with Crippen LogP contribution in [0.4, 0.5) is 0 Å². The Bertz CT molecular complexity index is 945. The van der Waals surface area contributed by atoms with E-state index in [-0.39, 0.29) is 18.7 Å². The largest absolute Gasteiger partial charge is 0.457 e. The van der Waals surface area contributed by atoms with Gasteiger partial charge in [-0.05, 0) is 17.7 Å². The number of esters is 1. The molecule has 0 fully saturated rings. The van der Waals surface area contributed by atoms with Crippen molar-refractivity contribution < 1.29 is 18.8 Å². The summed E-state index contributed by atoms with van der Waals surface area (Å²) < 4.78 is 11.9. The Morgan fingerprint density at radius 2 is 1.83 bits per heavy atom. The van der Waals surface area contributed by atoms with E-state index < -0.39 is 0 Å². The molecule has 1 heterocycles. The molecule has 0 aliphatic carbocycles. The molecular weight excluding hydrogens is 364 g/mol. The number of ether oxygens (including phenoxy) is 2. The summed E-state index contributed by atoms with van der Waals surface area (Å²) in [5, 5.41) is 1.06. The smallest absolute Gasteiger partial charge is 0.311 e. The van der Waals surface area contributed by atoms with E-state index in [0.717, 1.165) is 40.6 Å². The van der Waals surface area contributed by atoms with Crippen LogP contribution in [0.1, 0.15) is 25.0 Å². The molecular formula is C24H31N2O3+. The molecule has 0 aliphatic rings. The van der Waals surface area contributed by atoms with Gasteiger partial charge in [0.05, 0.1) is 26.6 Å². The number of carbonyl (C=O) groups excluding carboxylic acids is 1. The first kappa shape index (κ1) is 20.9. The number of nitrogens with zero attached hydrogens (tertiary/aromatic N) is 1. The van der Waals surface area contributed by atoms with Crippen molar-refractivity contribution >= 4 is 16.9 Å². The fourth-order valence-corrected chi connectivity index (χ4v) is 3.43. The number of rotatable bonds is 9. The Morgan fingerprint density at radius 1 is 1.07 bits per heavy atom. The normalized spacial score (nSPS) is 11.8. The van der Waals surface area contributed by atoms with E-state index in [0.29, 0.717) is 0 Å². The highest BCUT2D eigenvalue weighted by Crippen LogP contribution is 2.29. The van der Waals surface area contributed by atoms with Gasteiger partial charge < -0.3 is 18.9 Å². The van der Waals surface area contributed by atoms with Crippen LogP contribution in [0.15, 0.2) is 54.7 Å². The summed E-state index contributed by atoms with van der Waals surface area (Å²) in [5.41, 5.74) is 3.58. The molecule has 0 atom stereocenters. The van der Waals surface area contributed by atoms with Crippen molar-refractivity contribution in [3.05, 3.63) is 65.9 Å². The standard InChI is InChI=1S/C24H31N2O3/c1-18(2)24(27)29-17-28-22-12-8-11-21-23(22)20(15-25-21)13-14-26(3,4)16-19-9-6-5-7-10-19/h5-12,15,18,25H,13-14,16-17H2,1-4H3/q+1. The number of quaternary nitrogens is 1. The average Bonchev–Trinajstić information content (AvgIpc) is 3.11. The van der Waals surface area contributed by atoms with Crippen molar-refractivity contribution in [2.75, 3.05) is 27.4 Å². The molecule has 2 aromatic carbocycles. The van der Waals surface area contributed by atoms with Crippen molar-refractivity contribution in [2.45, 2.75) is 26.8 Å². The summed E-state index contributed by atoms with van der Waals surface area (Å²) in [5.74, 6) is 0.317. The van der Waals surface area contributed by atoms with Crippen LogP contribution in [0.5, 0.6) is 5.75 Å². The second-order valence-corrected chi connectivity index (χ2v) is 8.43. The second kappa shape index (κ2) is 9.14. The first-order valence-electron chi connectivity index (χ1n) is 10.1. The number of likely N-dealkylation sites (N-methyl/N-ethyl adjacent to an activating group) is 1. The maximum absolute atomic E-state index is 11.7. The quantitative estimate of drug-likeness (QED) is 0.329. The molecule has 5 heteroatoms. The molecule has 154 valence electrons. The Hall–Kier alpha value is -2.79. The minimum Gasteiger partial charge on any atom is -0.457 e. The maximum atomic E-state index is 11.7. The molecule has 1 N–H and O–H groups in total. The lowest BCUT2D eigenvalue weighted by Gasteiger charge is -2.30. The van der Waals surface area contributed by atoms with E-state index in [1.54, 1.807) is 0 Å². The van der Waals surface area contributed by atoms with Crippen molar-refractivity contribution in [2.24, 2.45) is 5.92 Å². The van der Waals surface area contributed by atoms with Crippen LogP contribution in [0.2, 0.25) is 0 Å². The lowest BCUT2D eigenvalue weighted by atomic mass is 10.1. The van der Waals surface area contributed by atoms with Gasteiger partial charge in [0, 0.05) is 29.1 Å². The highest BCUT2D eigenvalue weighted by molar-refractivity contribution is 5.89. The molecule has 3 rings (SSSR count). The molecule has 0 radical (unpaired) electrons. The number of hydrogen-bond donors (Lipinski definition) is 1. The number of aromatic amines is 1. The molecule has 1 aromatic heterocycles. The third kappa shape index (κ3) is 5.61. The van der Waals surface area contributed by atoms with Gasteiger partial charge >= 0.3 is 5.97 Å². The molecule has 0 bridgehead atoms. The summed E-state index contributed by atoms with van der Waals surface area (Å²) in [7, 11) is 4.51. The van der Waals surface area contributed by atoms with Gasteiger partial charge in [-0.1, -0.05) is 50.2 Å². The third-order valence-electron chi connectivity index (χ3n) is 5.08. The Kier molecular flexibility index (Phi) is 6.60. The van der Waals surface area contributed by atoms with Crippen LogP contribution in [0.25, 0.3) is 10.9 Å². The van der Waals surface area contributed by atoms with E-state index in [1.807, 2.05) is 32.0 Å². The van der Waals surface area contributed by atoms with Crippen molar-refractivity contribution in [1.82, 2.24) is 4.98 Å². The number of fused-ring (bicyclic) bond motifs is 1. The highest BCUT2D eigenvalue weighted by atomic mass is 16.7. The van der Waals surface area contributed by atoms with Crippen LogP contribution in [0, 0.1) is 5.92 Å². The number of H-pyrrole nitrogens is 1. The van der Waals surface area contributed by atoms with Gasteiger partial charge in [0.25, 0.3) is 0 Å². The molecule has 0 spiro atoms. The van der Waals surface area contributed by atoms with Crippen molar-refractivity contribution in [1.29, 1.82) is 0 Å². The van der Waals surface area contributed by atoms with Gasteiger partial charge in [-0.25, -0.2) is 0 Å². The van der Waals surface area contributed by atoms with Crippen molar-refractivity contribution in [3.8, 4) is 5.75 Å². The van der Waals surface area contributed by atoms with Crippen LogP contribution in [-0.4, -0.2) is 42.9 Å². The number of aromatic nitrogens is 1. The van der Waals surface area contributed by atoms with E-state index >= 15 is 0 Å². The van der Waals surface area contributed by atoms with E-state index in [9.17, 15) is 4.79 Å². The molecule has 0 saturated carbocycles. The Labute approximate surface area is 172 Å². The van der Waals surface area contributed by atoms with E-state index in [1.165, 1.54) is 11.1 Å². The SMILES string of the molecule is CC(C)C(=O)OCOc1cccc2[nH]cc(CC[N+](C)(C)Cc3ccccc3)c12. The van der Waals surface area contributed by atoms with Crippen LogP contribution >= 0.6 is 0 Å². The first-order valence-corrected chi connectivity index (χ1v) is 10.1. The van der Waals surface area contributed by atoms with Gasteiger partial charge in [0.1, 0.15) is 12.3 Å². The number of nitrogens with one attached hydrogen (secondary N) is 1. The molecule has 0 saturated heterocycles. The minimum atomic E-state index is -0.258. The Balaban J connectivity index is 1.68. The summed E-state index contributed by atoms with van der Waals surface area (Å²) in [6.07, 6.45) is 2.98. The molecule has 3 aromatic rings. The number of benzene rings is 2. The van der Waals surface area contributed by atoms with Crippen LogP contribution < -0.4 is 4.74 Å². The van der Waals surface area contributed by atoms with Crippen LogP contribution in [-0.2, 0) is 22.5 Å². The molecule has 0 aliphatic heterocycles. The maximum Gasteiger partial charge on any atom is 0.311 e. The van der Waals surface area contributed by atoms with E-state index in [2.05, 4.69) is 55.6 Å². The first-order chi connectivity index (χ1) is 13.9. The monoisotopic (exact) mass is 395 g/mol. The topological polar surface area (TPSA) is 51.3 Å². The lowest BCUT2D eigenvalue weighted by molar-refractivity contribution is -0.903. The zero-order valence-corrected chi connectivity index (χ0v) is 17.8. The van der Waals surface area contributed by atoms with Crippen molar-refractivity contribution in [3.63, 3.8) is 0 Å². The minimum absolute atomic E-state index is 0.0731. The Morgan fingerprint density at radius 3 is 2.55 bits per heavy atom. The zero-order valence-electron chi connectivity index (χ0n) is 17.8. The van der Waals surface area contributed by atoms with Gasteiger partial charge in [-0.15, -0.1) is 0 Å². The van der Waals surface area contributed by atoms with Gasteiger partial charge in [-0.2, -0.15) is 0 Å². The molecule has 29 heavy (non-hydrogen) atoms. The average molecular weight is 396 g/mol. The molecule has 0 unspecified atom stereocenters. The molecule has 5 nitrogen and oxygen atoms in total. The van der Waals surface area contributed by atoms with Crippen LogP contribution in [0.3, 0.4) is 0 Å². The fourth-order valence-electron chi connectivity index (χ4n) is 3.43. The second-order valence-electron chi connectivity index (χ2n) is 8.43.